The summed E-state index contributed by atoms with van der Waals surface area (Å²) < 4.78 is 14.1. The number of nitrogens with zero attached hydrogens (tertiary/aromatic N) is 3. The number of fused-ring (bicyclic) bond motifs is 1. The molecule has 0 unspecified atom stereocenters. The van der Waals surface area contributed by atoms with E-state index in [1.807, 2.05) is 47.5 Å². The number of hydrogen-bond acceptors (Lipinski definition) is 3. The summed E-state index contributed by atoms with van der Waals surface area (Å²) in [6, 6.07) is 15.3. The standard InChI is InChI=1S/C24H27FN4O/c25-21-8-2-4-10-23(21)28-14-12-27(13-15-28)18-6-5-11-29(17-18)24(30)20-16-26-22-9-3-1-7-19(20)22/h1-4,7-10,16,18,26H,5-6,11-15,17H2/t18-/m0/s1. The van der Waals surface area contributed by atoms with Crippen molar-refractivity contribution in [3.05, 3.63) is 66.1 Å². The highest BCUT2D eigenvalue weighted by molar-refractivity contribution is 6.06. The van der Waals surface area contributed by atoms with E-state index in [2.05, 4.69) is 14.8 Å². The highest BCUT2D eigenvalue weighted by Crippen LogP contribution is 2.25. The van der Waals surface area contributed by atoms with Crippen LogP contribution in [0.5, 0.6) is 0 Å². The molecule has 0 aliphatic carbocycles. The third kappa shape index (κ3) is 3.56. The topological polar surface area (TPSA) is 42.6 Å². The number of anilines is 1. The summed E-state index contributed by atoms with van der Waals surface area (Å²) in [5.74, 6) is -0.0405. The number of amides is 1. The van der Waals surface area contributed by atoms with Crippen molar-refractivity contribution in [1.29, 1.82) is 0 Å². The van der Waals surface area contributed by atoms with Gasteiger partial charge in [-0.05, 0) is 31.0 Å². The molecule has 2 aromatic carbocycles. The lowest BCUT2D eigenvalue weighted by atomic mass is 10.0. The molecular formula is C24H27FN4O. The van der Waals surface area contributed by atoms with Crippen LogP contribution in [0.25, 0.3) is 10.9 Å². The molecule has 0 saturated carbocycles. The molecule has 6 heteroatoms. The van der Waals surface area contributed by atoms with Gasteiger partial charge in [-0.15, -0.1) is 0 Å². The van der Waals surface area contributed by atoms with Gasteiger partial charge in [-0.1, -0.05) is 30.3 Å². The second-order valence-corrected chi connectivity index (χ2v) is 8.27. The average molecular weight is 407 g/mol. The molecule has 1 amide bonds. The summed E-state index contributed by atoms with van der Waals surface area (Å²) >= 11 is 0. The van der Waals surface area contributed by atoms with Gasteiger partial charge < -0.3 is 14.8 Å². The lowest BCUT2D eigenvalue weighted by molar-refractivity contribution is 0.0565. The molecule has 0 radical (unpaired) electrons. The molecule has 2 aliphatic rings. The minimum atomic E-state index is -0.154. The molecule has 3 aromatic rings. The molecule has 0 spiro atoms. The number of carbonyl (C=O) groups is 1. The molecule has 1 atom stereocenters. The number of para-hydroxylation sites is 2. The number of piperazine rings is 1. The monoisotopic (exact) mass is 406 g/mol. The van der Waals surface area contributed by atoms with Crippen LogP contribution in [0.1, 0.15) is 23.2 Å². The van der Waals surface area contributed by atoms with Gasteiger partial charge in [0.15, 0.2) is 0 Å². The van der Waals surface area contributed by atoms with E-state index in [4.69, 9.17) is 0 Å². The van der Waals surface area contributed by atoms with Crippen molar-refractivity contribution in [2.24, 2.45) is 0 Å². The lowest BCUT2D eigenvalue weighted by Crippen LogP contribution is -2.56. The first-order valence-electron chi connectivity index (χ1n) is 10.8. The van der Waals surface area contributed by atoms with Gasteiger partial charge in [0, 0.05) is 62.4 Å². The number of hydrogen-bond donors (Lipinski definition) is 1. The van der Waals surface area contributed by atoms with Crippen molar-refractivity contribution < 1.29 is 9.18 Å². The number of piperidine rings is 1. The Morgan fingerprint density at radius 3 is 2.57 bits per heavy atom. The molecule has 0 bridgehead atoms. The van der Waals surface area contributed by atoms with Gasteiger partial charge in [-0.2, -0.15) is 0 Å². The van der Waals surface area contributed by atoms with E-state index < -0.39 is 0 Å². The molecule has 156 valence electrons. The number of nitrogens with one attached hydrogen (secondary N) is 1. The van der Waals surface area contributed by atoms with Crippen molar-refractivity contribution in [3.63, 3.8) is 0 Å². The number of rotatable bonds is 3. The Morgan fingerprint density at radius 2 is 1.73 bits per heavy atom. The number of aromatic nitrogens is 1. The SMILES string of the molecule is O=C(c1c[nH]c2ccccc12)N1CCC[C@H](N2CCN(c3ccccc3F)CC2)C1. The van der Waals surface area contributed by atoms with Crippen LogP contribution in [0.3, 0.4) is 0 Å². The number of H-pyrrole nitrogens is 1. The van der Waals surface area contributed by atoms with Crippen LogP contribution in [0, 0.1) is 5.82 Å². The maximum atomic E-state index is 14.1. The van der Waals surface area contributed by atoms with E-state index in [1.165, 1.54) is 6.07 Å². The Bertz CT molecular complexity index is 1040. The number of benzene rings is 2. The first kappa shape index (κ1) is 19.1. The highest BCUT2D eigenvalue weighted by atomic mass is 19.1. The molecule has 1 aromatic heterocycles. The first-order valence-corrected chi connectivity index (χ1v) is 10.8. The van der Waals surface area contributed by atoms with Crippen LogP contribution >= 0.6 is 0 Å². The largest absolute Gasteiger partial charge is 0.367 e. The molecule has 5 rings (SSSR count). The normalized spacial score (nSPS) is 20.6. The Balaban J connectivity index is 1.24. The average Bonchev–Trinajstić information content (AvgIpc) is 3.23. The predicted octanol–water partition coefficient (Wildman–Crippen LogP) is 3.73. The van der Waals surface area contributed by atoms with Crippen molar-refractivity contribution in [3.8, 4) is 0 Å². The van der Waals surface area contributed by atoms with Gasteiger partial charge in [0.05, 0.1) is 11.3 Å². The number of likely N-dealkylation sites (tertiary alicyclic amines) is 1. The summed E-state index contributed by atoms with van der Waals surface area (Å²) in [7, 11) is 0. The Morgan fingerprint density at radius 1 is 0.967 bits per heavy atom. The van der Waals surface area contributed by atoms with Gasteiger partial charge in [0.2, 0.25) is 0 Å². The fourth-order valence-electron chi connectivity index (χ4n) is 4.89. The summed E-state index contributed by atoms with van der Waals surface area (Å²) in [5.41, 5.74) is 2.45. The van der Waals surface area contributed by atoms with Crippen molar-refractivity contribution in [2.75, 3.05) is 44.2 Å². The molecular weight excluding hydrogens is 379 g/mol. The van der Waals surface area contributed by atoms with E-state index in [-0.39, 0.29) is 11.7 Å². The zero-order valence-electron chi connectivity index (χ0n) is 17.1. The fraction of sp³-hybridized carbons (Fsp3) is 0.375. The van der Waals surface area contributed by atoms with E-state index in [0.29, 0.717) is 11.7 Å². The zero-order chi connectivity index (χ0) is 20.5. The predicted molar refractivity (Wildman–Crippen MR) is 117 cm³/mol. The van der Waals surface area contributed by atoms with Crippen molar-refractivity contribution in [2.45, 2.75) is 18.9 Å². The Hall–Kier alpha value is -2.86. The van der Waals surface area contributed by atoms with E-state index in [1.54, 1.807) is 6.07 Å². The maximum absolute atomic E-state index is 14.1. The summed E-state index contributed by atoms with van der Waals surface area (Å²) in [5, 5.41) is 0.989. The van der Waals surface area contributed by atoms with Crippen LogP contribution in [0.2, 0.25) is 0 Å². The first-order chi connectivity index (χ1) is 14.7. The van der Waals surface area contributed by atoms with Crippen molar-refractivity contribution >= 4 is 22.5 Å². The molecule has 3 heterocycles. The molecule has 2 saturated heterocycles. The summed E-state index contributed by atoms with van der Waals surface area (Å²) in [6.45, 7) is 4.99. The maximum Gasteiger partial charge on any atom is 0.256 e. The fourth-order valence-corrected chi connectivity index (χ4v) is 4.89. The Kier molecular flexibility index (Phi) is 5.17. The van der Waals surface area contributed by atoms with Crippen LogP contribution in [-0.2, 0) is 0 Å². The number of carbonyl (C=O) groups excluding carboxylic acids is 1. The molecule has 30 heavy (non-hydrogen) atoms. The number of aromatic amines is 1. The molecule has 2 fully saturated rings. The van der Waals surface area contributed by atoms with Gasteiger partial charge in [-0.25, -0.2) is 4.39 Å². The van der Waals surface area contributed by atoms with E-state index in [0.717, 1.165) is 68.6 Å². The van der Waals surface area contributed by atoms with E-state index >= 15 is 0 Å². The molecule has 2 aliphatic heterocycles. The van der Waals surface area contributed by atoms with Gasteiger partial charge in [-0.3, -0.25) is 9.69 Å². The van der Waals surface area contributed by atoms with Crippen LogP contribution in [0.15, 0.2) is 54.7 Å². The minimum absolute atomic E-state index is 0.113. The Labute approximate surface area is 176 Å². The smallest absolute Gasteiger partial charge is 0.256 e. The second-order valence-electron chi connectivity index (χ2n) is 8.27. The van der Waals surface area contributed by atoms with Crippen LogP contribution < -0.4 is 4.90 Å². The second kappa shape index (κ2) is 8.11. The minimum Gasteiger partial charge on any atom is -0.367 e. The quantitative estimate of drug-likeness (QED) is 0.721. The third-order valence-electron chi connectivity index (χ3n) is 6.53. The third-order valence-corrected chi connectivity index (χ3v) is 6.53. The van der Waals surface area contributed by atoms with Crippen molar-refractivity contribution in [1.82, 2.24) is 14.8 Å². The molecule has 5 nitrogen and oxygen atoms in total. The zero-order valence-corrected chi connectivity index (χ0v) is 17.1. The molecule has 1 N–H and O–H groups in total. The van der Waals surface area contributed by atoms with E-state index in [9.17, 15) is 9.18 Å². The lowest BCUT2D eigenvalue weighted by Gasteiger charge is -2.44. The highest BCUT2D eigenvalue weighted by Gasteiger charge is 2.31. The van der Waals surface area contributed by atoms with Gasteiger partial charge >= 0.3 is 0 Å². The van der Waals surface area contributed by atoms with Gasteiger partial charge in [0.25, 0.3) is 5.91 Å². The van der Waals surface area contributed by atoms with Crippen LogP contribution in [0.4, 0.5) is 10.1 Å². The van der Waals surface area contributed by atoms with Crippen LogP contribution in [-0.4, -0.2) is 66.0 Å². The number of halogens is 1. The summed E-state index contributed by atoms with van der Waals surface area (Å²) in [4.78, 5) is 23.0. The summed E-state index contributed by atoms with van der Waals surface area (Å²) in [6.07, 6.45) is 3.97. The van der Waals surface area contributed by atoms with Gasteiger partial charge in [0.1, 0.15) is 5.82 Å².